The number of Topliss-reactive ketones (excluding diaryl/α,β-unsaturated/α-hetero) is 1. The van der Waals surface area contributed by atoms with Crippen molar-refractivity contribution in [2.75, 3.05) is 0 Å². The fourth-order valence-corrected chi connectivity index (χ4v) is 2.15. The Balaban J connectivity index is 3.26. The van der Waals surface area contributed by atoms with Gasteiger partial charge in [-0.1, -0.05) is 15.9 Å². The van der Waals surface area contributed by atoms with Crippen LogP contribution in [0.1, 0.15) is 17.3 Å². The van der Waals surface area contributed by atoms with Crippen molar-refractivity contribution in [3.05, 3.63) is 33.9 Å². The number of carbonyl (C=O) groups excluding carboxylic acids is 1. The number of non-ortho nitro benzene ring substituents is 1. The second kappa shape index (κ2) is 5.91. The third-order valence-corrected chi connectivity index (χ3v) is 3.10. The molecular formula is C10H7BrF3NO3S. The minimum absolute atomic E-state index is 0.134. The van der Waals surface area contributed by atoms with E-state index in [0.29, 0.717) is 0 Å². The normalized spacial score (nSPS) is 13.1. The Morgan fingerprint density at radius 3 is 2.42 bits per heavy atom. The number of alkyl halides is 4. The summed E-state index contributed by atoms with van der Waals surface area (Å²) in [7, 11) is 0. The van der Waals surface area contributed by atoms with Crippen molar-refractivity contribution in [3.8, 4) is 0 Å². The number of nitro groups is 1. The van der Waals surface area contributed by atoms with E-state index in [1.807, 2.05) is 0 Å². The number of rotatable bonds is 4. The largest absolute Gasteiger partial charge is 0.446 e. The smallest absolute Gasteiger partial charge is 0.293 e. The summed E-state index contributed by atoms with van der Waals surface area (Å²) < 4.78 is 36.8. The van der Waals surface area contributed by atoms with Crippen LogP contribution in [-0.2, 0) is 0 Å². The van der Waals surface area contributed by atoms with E-state index >= 15 is 0 Å². The zero-order chi connectivity index (χ0) is 14.8. The van der Waals surface area contributed by atoms with Gasteiger partial charge in [-0.25, -0.2) is 0 Å². The van der Waals surface area contributed by atoms with Gasteiger partial charge in [0, 0.05) is 22.6 Å². The van der Waals surface area contributed by atoms with E-state index < -0.39 is 43.4 Å². The van der Waals surface area contributed by atoms with Gasteiger partial charge < -0.3 is 0 Å². The summed E-state index contributed by atoms with van der Waals surface area (Å²) in [4.78, 5) is 20.5. The van der Waals surface area contributed by atoms with Crippen molar-refractivity contribution in [2.24, 2.45) is 0 Å². The van der Waals surface area contributed by atoms with Gasteiger partial charge in [0.15, 0.2) is 5.78 Å². The highest BCUT2D eigenvalue weighted by Gasteiger charge is 2.30. The maximum absolute atomic E-state index is 12.3. The highest BCUT2D eigenvalue weighted by atomic mass is 79.9. The van der Waals surface area contributed by atoms with Crippen LogP contribution < -0.4 is 0 Å². The van der Waals surface area contributed by atoms with E-state index in [1.54, 1.807) is 0 Å². The van der Waals surface area contributed by atoms with Crippen molar-refractivity contribution in [3.63, 3.8) is 0 Å². The van der Waals surface area contributed by atoms with Crippen LogP contribution in [0, 0.1) is 10.1 Å². The molecule has 0 aliphatic rings. The molecule has 0 saturated heterocycles. The Morgan fingerprint density at radius 2 is 2.00 bits per heavy atom. The molecule has 1 rings (SSSR count). The highest BCUT2D eigenvalue weighted by molar-refractivity contribution is 9.10. The SMILES string of the molecule is CC(Br)C(=O)c1cc(SC(F)(F)F)cc([N+](=O)[O-])c1. The summed E-state index contributed by atoms with van der Waals surface area (Å²) in [5, 5.41) is 10.7. The number of hydrogen-bond acceptors (Lipinski definition) is 4. The van der Waals surface area contributed by atoms with Gasteiger partial charge in [-0.2, -0.15) is 13.2 Å². The number of ketones is 1. The number of thioether (sulfide) groups is 1. The number of benzene rings is 1. The van der Waals surface area contributed by atoms with Gasteiger partial charge in [0.1, 0.15) is 0 Å². The Kier molecular flexibility index (Phi) is 4.97. The van der Waals surface area contributed by atoms with Crippen molar-refractivity contribution < 1.29 is 22.9 Å². The molecule has 0 N–H and O–H groups in total. The van der Waals surface area contributed by atoms with Gasteiger partial charge in [-0.15, -0.1) is 0 Å². The van der Waals surface area contributed by atoms with Crippen LogP contribution in [0.2, 0.25) is 0 Å². The first-order valence-corrected chi connectivity index (χ1v) is 6.57. The molecule has 0 aliphatic heterocycles. The summed E-state index contributed by atoms with van der Waals surface area (Å²) in [5.41, 5.74) is -5.26. The van der Waals surface area contributed by atoms with Crippen molar-refractivity contribution in [1.82, 2.24) is 0 Å². The fourth-order valence-electron chi connectivity index (χ4n) is 1.25. The highest BCUT2D eigenvalue weighted by Crippen LogP contribution is 2.38. The Labute approximate surface area is 118 Å². The molecule has 0 amide bonds. The van der Waals surface area contributed by atoms with E-state index in [0.717, 1.165) is 18.2 Å². The van der Waals surface area contributed by atoms with Crippen LogP contribution in [0.3, 0.4) is 0 Å². The topological polar surface area (TPSA) is 60.2 Å². The summed E-state index contributed by atoms with van der Waals surface area (Å²) in [6.45, 7) is 1.48. The molecule has 4 nitrogen and oxygen atoms in total. The lowest BCUT2D eigenvalue weighted by molar-refractivity contribution is -0.385. The molecule has 0 aromatic heterocycles. The molecule has 1 aromatic carbocycles. The van der Waals surface area contributed by atoms with Gasteiger partial charge in [0.2, 0.25) is 0 Å². The molecule has 0 bridgehead atoms. The van der Waals surface area contributed by atoms with E-state index in [4.69, 9.17) is 0 Å². The monoisotopic (exact) mass is 357 g/mol. The Bertz CT molecular complexity index is 519. The van der Waals surface area contributed by atoms with Crippen LogP contribution in [0.4, 0.5) is 18.9 Å². The Hall–Kier alpha value is -1.09. The van der Waals surface area contributed by atoms with Crippen LogP contribution >= 0.6 is 27.7 Å². The molecule has 9 heteroatoms. The van der Waals surface area contributed by atoms with Crippen molar-refractivity contribution in [2.45, 2.75) is 22.2 Å². The lowest BCUT2D eigenvalue weighted by atomic mass is 10.1. The van der Waals surface area contributed by atoms with Crippen molar-refractivity contribution in [1.29, 1.82) is 0 Å². The van der Waals surface area contributed by atoms with Crippen LogP contribution in [0.5, 0.6) is 0 Å². The molecule has 0 aliphatic carbocycles. The van der Waals surface area contributed by atoms with Crippen LogP contribution in [0.15, 0.2) is 23.1 Å². The van der Waals surface area contributed by atoms with Crippen molar-refractivity contribution >= 4 is 39.2 Å². The first-order valence-electron chi connectivity index (χ1n) is 4.83. The minimum atomic E-state index is -4.57. The molecular weight excluding hydrogens is 351 g/mol. The molecule has 0 fully saturated rings. The van der Waals surface area contributed by atoms with Gasteiger partial charge in [-0.3, -0.25) is 14.9 Å². The summed E-state index contributed by atoms with van der Waals surface area (Å²) in [6, 6.07) is 2.74. The molecule has 104 valence electrons. The molecule has 0 heterocycles. The zero-order valence-corrected chi connectivity index (χ0v) is 11.8. The lowest BCUT2D eigenvalue weighted by Crippen LogP contribution is -2.11. The standard InChI is InChI=1S/C10H7BrF3NO3S/c1-5(11)9(16)6-2-7(15(17)18)4-8(3-6)19-10(12,13)14/h2-5H,1H3. The summed E-state index contributed by atoms with van der Waals surface area (Å²) in [6.07, 6.45) is 0. The number of carbonyl (C=O) groups is 1. The first-order chi connectivity index (χ1) is 8.60. The average Bonchev–Trinajstić information content (AvgIpc) is 2.24. The minimum Gasteiger partial charge on any atom is -0.293 e. The number of halogens is 4. The molecule has 0 spiro atoms. The number of hydrogen-bond donors (Lipinski definition) is 0. The fraction of sp³-hybridized carbons (Fsp3) is 0.300. The Morgan fingerprint density at radius 1 is 1.42 bits per heavy atom. The predicted molar refractivity (Wildman–Crippen MR) is 67.7 cm³/mol. The van der Waals surface area contributed by atoms with E-state index in [9.17, 15) is 28.1 Å². The van der Waals surface area contributed by atoms with Crippen LogP contribution in [0.25, 0.3) is 0 Å². The maximum Gasteiger partial charge on any atom is 0.446 e. The first kappa shape index (κ1) is 16.0. The maximum atomic E-state index is 12.3. The third-order valence-electron chi connectivity index (χ3n) is 1.98. The second-order valence-electron chi connectivity index (χ2n) is 3.50. The number of nitrogens with zero attached hydrogens (tertiary/aromatic N) is 1. The molecule has 19 heavy (non-hydrogen) atoms. The number of nitro benzene ring substituents is 1. The molecule has 1 aromatic rings. The predicted octanol–water partition coefficient (Wildman–Crippen LogP) is 4.17. The van der Waals surface area contributed by atoms with Gasteiger partial charge in [0.05, 0.1) is 9.75 Å². The van der Waals surface area contributed by atoms with E-state index in [1.165, 1.54) is 6.92 Å². The van der Waals surface area contributed by atoms with Crippen LogP contribution in [-0.4, -0.2) is 21.0 Å². The summed E-state index contributed by atoms with van der Waals surface area (Å²) >= 11 is 2.48. The van der Waals surface area contributed by atoms with Gasteiger partial charge in [-0.05, 0) is 24.8 Å². The molecule has 1 unspecified atom stereocenters. The molecule has 1 atom stereocenters. The molecule has 0 radical (unpaired) electrons. The molecule has 0 saturated carbocycles. The second-order valence-corrected chi connectivity index (χ2v) is 6.01. The van der Waals surface area contributed by atoms with Gasteiger partial charge >= 0.3 is 5.51 Å². The lowest BCUT2D eigenvalue weighted by Gasteiger charge is -2.08. The zero-order valence-electron chi connectivity index (χ0n) is 9.40. The quantitative estimate of drug-likeness (QED) is 0.266. The van der Waals surface area contributed by atoms with E-state index in [2.05, 4.69) is 15.9 Å². The third kappa shape index (κ3) is 4.83. The average molecular weight is 358 g/mol. The van der Waals surface area contributed by atoms with Gasteiger partial charge in [0.25, 0.3) is 5.69 Å². The summed E-state index contributed by atoms with van der Waals surface area (Å²) in [5.74, 6) is -0.521. The van der Waals surface area contributed by atoms with E-state index in [-0.39, 0.29) is 5.56 Å².